The molecule has 0 aromatic carbocycles. The smallest absolute Gasteiger partial charge is 0.222 e. The molecule has 0 saturated carbocycles. The first kappa shape index (κ1) is 11.2. The van der Waals surface area contributed by atoms with Crippen molar-refractivity contribution in [3.63, 3.8) is 0 Å². The fourth-order valence-electron chi connectivity index (χ4n) is 2.37. The van der Waals surface area contributed by atoms with E-state index < -0.39 is 0 Å². The molecule has 0 unspecified atom stereocenters. The molecule has 3 heteroatoms. The number of amides is 1. The lowest BCUT2D eigenvalue weighted by molar-refractivity contribution is -0.128. The summed E-state index contributed by atoms with van der Waals surface area (Å²) >= 11 is 0. The van der Waals surface area contributed by atoms with Gasteiger partial charge in [0.25, 0.3) is 0 Å². The first-order valence-corrected chi connectivity index (χ1v) is 6.06. The van der Waals surface area contributed by atoms with Gasteiger partial charge in [-0.2, -0.15) is 0 Å². The molecule has 1 aromatic rings. The Morgan fingerprint density at radius 3 is 2.88 bits per heavy atom. The van der Waals surface area contributed by atoms with Gasteiger partial charge >= 0.3 is 0 Å². The second kappa shape index (κ2) is 4.73. The van der Waals surface area contributed by atoms with Crippen LogP contribution in [0, 0.1) is 0 Å². The molecule has 1 amide bonds. The van der Waals surface area contributed by atoms with Gasteiger partial charge in [0.2, 0.25) is 5.91 Å². The highest BCUT2D eigenvalue weighted by Crippen LogP contribution is 2.24. The molecule has 0 saturated heterocycles. The summed E-state index contributed by atoms with van der Waals surface area (Å²) in [6.07, 6.45) is 8.55. The van der Waals surface area contributed by atoms with Crippen LogP contribution in [0.15, 0.2) is 6.20 Å². The minimum absolute atomic E-state index is 0.214. The molecule has 0 bridgehead atoms. The summed E-state index contributed by atoms with van der Waals surface area (Å²) in [7, 11) is 3.63. The monoisotopic (exact) mass is 220 g/mol. The molecule has 0 fully saturated rings. The molecule has 88 valence electrons. The Bertz CT molecular complexity index is 379. The topological polar surface area (TPSA) is 36.1 Å². The molecule has 1 N–H and O–H groups in total. The third kappa shape index (κ3) is 2.29. The molecule has 0 atom stereocenters. The van der Waals surface area contributed by atoms with E-state index in [9.17, 15) is 4.79 Å². The van der Waals surface area contributed by atoms with E-state index in [1.807, 2.05) is 14.1 Å². The molecule has 3 nitrogen and oxygen atoms in total. The van der Waals surface area contributed by atoms with Crippen molar-refractivity contribution in [2.24, 2.45) is 0 Å². The van der Waals surface area contributed by atoms with E-state index in [4.69, 9.17) is 0 Å². The Kier molecular flexibility index (Phi) is 3.32. The zero-order chi connectivity index (χ0) is 11.5. The number of fused-ring (bicyclic) bond motifs is 1. The van der Waals surface area contributed by atoms with Crippen LogP contribution >= 0.6 is 0 Å². The summed E-state index contributed by atoms with van der Waals surface area (Å²) in [5, 5.41) is 0. The summed E-state index contributed by atoms with van der Waals surface area (Å²) in [4.78, 5) is 16.5. The number of rotatable bonds is 3. The lowest BCUT2D eigenvalue weighted by Gasteiger charge is -2.13. The maximum absolute atomic E-state index is 11.5. The Balaban J connectivity index is 2.00. The predicted molar refractivity (Wildman–Crippen MR) is 64.4 cm³/mol. The molecule has 1 aromatic heterocycles. The van der Waals surface area contributed by atoms with E-state index in [-0.39, 0.29) is 5.91 Å². The number of carbonyl (C=O) groups is 1. The van der Waals surface area contributed by atoms with Gasteiger partial charge < -0.3 is 9.88 Å². The molecule has 16 heavy (non-hydrogen) atoms. The van der Waals surface area contributed by atoms with Crippen molar-refractivity contribution >= 4 is 5.91 Å². The number of nitrogens with one attached hydrogen (secondary N) is 1. The normalized spacial score (nSPS) is 14.6. The van der Waals surface area contributed by atoms with Gasteiger partial charge in [-0.05, 0) is 43.2 Å². The van der Waals surface area contributed by atoms with Crippen molar-refractivity contribution in [1.29, 1.82) is 0 Å². The van der Waals surface area contributed by atoms with Crippen LogP contribution in [0.2, 0.25) is 0 Å². The largest absolute Gasteiger partial charge is 0.364 e. The molecule has 0 spiro atoms. The summed E-state index contributed by atoms with van der Waals surface area (Å²) in [5.74, 6) is 0.214. The second-order valence-corrected chi connectivity index (χ2v) is 4.77. The minimum atomic E-state index is 0.214. The highest BCUT2D eigenvalue weighted by molar-refractivity contribution is 5.75. The first-order valence-electron chi connectivity index (χ1n) is 6.06. The molecular weight excluding hydrogens is 200 g/mol. The van der Waals surface area contributed by atoms with Gasteiger partial charge in [0, 0.05) is 32.4 Å². The molecule has 2 rings (SSSR count). The highest BCUT2D eigenvalue weighted by atomic mass is 16.2. The van der Waals surface area contributed by atoms with Crippen molar-refractivity contribution in [3.8, 4) is 0 Å². The van der Waals surface area contributed by atoms with E-state index in [2.05, 4.69) is 11.2 Å². The van der Waals surface area contributed by atoms with E-state index in [0.717, 1.165) is 6.42 Å². The first-order chi connectivity index (χ1) is 7.68. The van der Waals surface area contributed by atoms with Crippen molar-refractivity contribution in [2.75, 3.05) is 14.1 Å². The van der Waals surface area contributed by atoms with E-state index in [1.54, 1.807) is 4.90 Å². The fraction of sp³-hybridized carbons (Fsp3) is 0.615. The maximum atomic E-state index is 11.5. The second-order valence-electron chi connectivity index (χ2n) is 4.77. The predicted octanol–water partition coefficient (Wildman–Crippen LogP) is 1.91. The third-order valence-corrected chi connectivity index (χ3v) is 3.38. The molecular formula is C13H20N2O. The number of hydrogen-bond acceptors (Lipinski definition) is 1. The van der Waals surface area contributed by atoms with E-state index >= 15 is 0 Å². The summed E-state index contributed by atoms with van der Waals surface area (Å²) in [6, 6.07) is 0. The summed E-state index contributed by atoms with van der Waals surface area (Å²) < 4.78 is 0. The highest BCUT2D eigenvalue weighted by Gasteiger charge is 2.15. The van der Waals surface area contributed by atoms with Crippen LogP contribution in [-0.2, 0) is 24.1 Å². The van der Waals surface area contributed by atoms with Gasteiger partial charge in [-0.25, -0.2) is 0 Å². The Morgan fingerprint density at radius 2 is 2.12 bits per heavy atom. The Morgan fingerprint density at radius 1 is 1.38 bits per heavy atom. The number of aromatic nitrogens is 1. The van der Waals surface area contributed by atoms with Crippen LogP contribution in [0.4, 0.5) is 0 Å². The number of aryl methyl sites for hydroxylation is 2. The molecule has 1 aliphatic rings. The molecule has 1 aliphatic carbocycles. The zero-order valence-electron chi connectivity index (χ0n) is 10.2. The number of aromatic amines is 1. The zero-order valence-corrected chi connectivity index (χ0v) is 10.2. The van der Waals surface area contributed by atoms with Crippen molar-refractivity contribution in [2.45, 2.75) is 38.5 Å². The molecule has 1 heterocycles. The number of nitrogens with zero attached hydrogens (tertiary/aromatic N) is 1. The molecule has 0 radical (unpaired) electrons. The van der Waals surface area contributed by atoms with E-state index in [1.165, 1.54) is 42.5 Å². The number of H-pyrrole nitrogens is 1. The average Bonchev–Trinajstić information content (AvgIpc) is 2.69. The van der Waals surface area contributed by atoms with Gasteiger partial charge in [0.1, 0.15) is 0 Å². The average molecular weight is 220 g/mol. The van der Waals surface area contributed by atoms with E-state index in [0.29, 0.717) is 6.42 Å². The fourth-order valence-corrected chi connectivity index (χ4v) is 2.37. The maximum Gasteiger partial charge on any atom is 0.222 e. The van der Waals surface area contributed by atoms with Gasteiger partial charge in [-0.1, -0.05) is 0 Å². The van der Waals surface area contributed by atoms with Crippen LogP contribution in [0.1, 0.15) is 36.1 Å². The summed E-state index contributed by atoms with van der Waals surface area (Å²) in [5.41, 5.74) is 4.24. The third-order valence-electron chi connectivity index (χ3n) is 3.38. The SMILES string of the molecule is CN(C)C(=O)CCc1c[nH]c2c1CCCC2. The van der Waals surface area contributed by atoms with Crippen LogP contribution in [0.5, 0.6) is 0 Å². The van der Waals surface area contributed by atoms with Crippen molar-refractivity contribution < 1.29 is 4.79 Å². The lowest BCUT2D eigenvalue weighted by Crippen LogP contribution is -2.21. The summed E-state index contributed by atoms with van der Waals surface area (Å²) in [6.45, 7) is 0. The Hall–Kier alpha value is -1.25. The quantitative estimate of drug-likeness (QED) is 0.830. The van der Waals surface area contributed by atoms with Crippen molar-refractivity contribution in [3.05, 3.63) is 23.0 Å². The number of hydrogen-bond donors (Lipinski definition) is 1. The van der Waals surface area contributed by atoms with Gasteiger partial charge in [-0.15, -0.1) is 0 Å². The molecule has 0 aliphatic heterocycles. The van der Waals surface area contributed by atoms with Crippen molar-refractivity contribution in [1.82, 2.24) is 9.88 Å². The van der Waals surface area contributed by atoms with Crippen LogP contribution in [0.3, 0.4) is 0 Å². The minimum Gasteiger partial charge on any atom is -0.364 e. The van der Waals surface area contributed by atoms with Crippen LogP contribution in [-0.4, -0.2) is 29.9 Å². The Labute approximate surface area is 96.8 Å². The lowest BCUT2D eigenvalue weighted by atomic mass is 9.93. The van der Waals surface area contributed by atoms with Gasteiger partial charge in [0.15, 0.2) is 0 Å². The van der Waals surface area contributed by atoms with Crippen LogP contribution < -0.4 is 0 Å². The van der Waals surface area contributed by atoms with Crippen LogP contribution in [0.25, 0.3) is 0 Å². The standard InChI is InChI=1S/C13H20N2O/c1-15(2)13(16)8-7-10-9-14-12-6-4-3-5-11(10)12/h9,14H,3-8H2,1-2H3. The number of carbonyl (C=O) groups excluding carboxylic acids is 1. The van der Waals surface area contributed by atoms with Gasteiger partial charge in [0.05, 0.1) is 0 Å². The van der Waals surface area contributed by atoms with Gasteiger partial charge in [-0.3, -0.25) is 4.79 Å².